The summed E-state index contributed by atoms with van der Waals surface area (Å²) in [7, 11) is -9.96. The van der Waals surface area contributed by atoms with E-state index in [2.05, 4.69) is 101 Å². The Morgan fingerprint density at radius 1 is 0.284 bits per heavy atom. The van der Waals surface area contributed by atoms with E-state index in [0.29, 0.717) is 32.1 Å². The van der Waals surface area contributed by atoms with Crippen molar-refractivity contribution in [3.05, 3.63) is 85.1 Å². The van der Waals surface area contributed by atoms with Gasteiger partial charge < -0.3 is 33.8 Å². The van der Waals surface area contributed by atoms with Crippen LogP contribution in [0.2, 0.25) is 0 Å². The van der Waals surface area contributed by atoms with E-state index in [1.807, 2.05) is 12.2 Å². The van der Waals surface area contributed by atoms with E-state index in [0.717, 1.165) is 122 Å². The number of phosphoric ester groups is 2. The van der Waals surface area contributed by atoms with Crippen LogP contribution in [0.5, 0.6) is 0 Å². The minimum absolute atomic E-state index is 0.0393. The molecule has 0 saturated carbocycles. The van der Waals surface area contributed by atoms with Crippen molar-refractivity contribution in [2.45, 2.75) is 380 Å². The number of carbonyl (C=O) groups is 4. The van der Waals surface area contributed by atoms with Gasteiger partial charge >= 0.3 is 39.5 Å². The zero-order chi connectivity index (χ0) is 74.6. The first-order valence-electron chi connectivity index (χ1n) is 40.8. The first-order chi connectivity index (χ1) is 49.7. The number of phosphoric acid groups is 2. The summed E-state index contributed by atoms with van der Waals surface area (Å²) < 4.78 is 68.6. The van der Waals surface area contributed by atoms with Gasteiger partial charge in [-0.1, -0.05) is 331 Å². The van der Waals surface area contributed by atoms with E-state index >= 15 is 0 Å². The maximum Gasteiger partial charge on any atom is 0.472 e. The first-order valence-corrected chi connectivity index (χ1v) is 43.8. The van der Waals surface area contributed by atoms with Crippen molar-refractivity contribution < 1.29 is 80.2 Å². The zero-order valence-corrected chi connectivity index (χ0v) is 66.6. The van der Waals surface area contributed by atoms with Crippen molar-refractivity contribution in [2.24, 2.45) is 0 Å². The number of rotatable bonds is 77. The Morgan fingerprint density at radius 3 is 0.853 bits per heavy atom. The fourth-order valence-corrected chi connectivity index (χ4v) is 12.8. The molecule has 0 aromatic rings. The van der Waals surface area contributed by atoms with Gasteiger partial charge in [0, 0.05) is 25.7 Å². The third kappa shape index (κ3) is 74.5. The van der Waals surface area contributed by atoms with Crippen LogP contribution < -0.4 is 0 Å². The molecule has 2 unspecified atom stereocenters. The van der Waals surface area contributed by atoms with Crippen molar-refractivity contribution in [1.29, 1.82) is 0 Å². The van der Waals surface area contributed by atoms with Gasteiger partial charge in [-0.25, -0.2) is 9.13 Å². The number of aliphatic hydroxyl groups is 1. The van der Waals surface area contributed by atoms with E-state index in [4.69, 9.17) is 37.0 Å². The van der Waals surface area contributed by atoms with Gasteiger partial charge in [-0.05, 0) is 89.9 Å². The molecule has 0 aliphatic rings. The van der Waals surface area contributed by atoms with Crippen LogP contribution in [0.25, 0.3) is 0 Å². The molecule has 0 fully saturated rings. The van der Waals surface area contributed by atoms with Gasteiger partial charge in [-0.2, -0.15) is 0 Å². The number of allylic oxidation sites excluding steroid dienone is 14. The summed E-state index contributed by atoms with van der Waals surface area (Å²) in [6, 6.07) is 0. The molecule has 592 valence electrons. The molecule has 0 heterocycles. The van der Waals surface area contributed by atoms with Crippen molar-refractivity contribution in [1.82, 2.24) is 0 Å². The van der Waals surface area contributed by atoms with Gasteiger partial charge in [0.25, 0.3) is 0 Å². The van der Waals surface area contributed by atoms with Gasteiger partial charge in [-0.15, -0.1) is 0 Å². The number of carbonyl (C=O) groups excluding carboxylic acids is 4. The molecule has 0 spiro atoms. The van der Waals surface area contributed by atoms with E-state index in [1.165, 1.54) is 154 Å². The Morgan fingerprint density at radius 2 is 0.529 bits per heavy atom. The van der Waals surface area contributed by atoms with Crippen molar-refractivity contribution >= 4 is 39.5 Å². The average Bonchev–Trinajstić information content (AvgIpc) is 0.920. The van der Waals surface area contributed by atoms with E-state index < -0.39 is 97.5 Å². The summed E-state index contributed by atoms with van der Waals surface area (Å²) in [5.74, 6) is -2.25. The van der Waals surface area contributed by atoms with E-state index in [1.54, 1.807) is 0 Å². The molecular formula is C83H148O17P2. The molecule has 102 heavy (non-hydrogen) atoms. The lowest BCUT2D eigenvalue weighted by molar-refractivity contribution is -0.161. The molecule has 0 aromatic heterocycles. The fraction of sp³-hybridized carbons (Fsp3) is 0.783. The number of hydrogen-bond acceptors (Lipinski definition) is 15. The van der Waals surface area contributed by atoms with Crippen LogP contribution in [0.1, 0.15) is 362 Å². The number of hydrogen-bond donors (Lipinski definition) is 3. The van der Waals surface area contributed by atoms with Crippen LogP contribution >= 0.6 is 15.6 Å². The van der Waals surface area contributed by atoms with E-state index in [9.17, 15) is 43.2 Å². The van der Waals surface area contributed by atoms with Gasteiger partial charge in [0.2, 0.25) is 0 Å². The second-order valence-corrected chi connectivity index (χ2v) is 30.3. The number of ether oxygens (including phenoxy) is 4. The molecular weight excluding hydrogens is 1330 g/mol. The summed E-state index contributed by atoms with van der Waals surface area (Å²) in [4.78, 5) is 73.0. The Labute approximate surface area is 621 Å². The summed E-state index contributed by atoms with van der Waals surface area (Å²) in [5, 5.41) is 10.6. The molecule has 0 bridgehead atoms. The number of esters is 4. The molecule has 0 rings (SSSR count). The monoisotopic (exact) mass is 1480 g/mol. The molecule has 17 nitrogen and oxygen atoms in total. The first kappa shape index (κ1) is 98.2. The molecule has 0 aliphatic carbocycles. The topological polar surface area (TPSA) is 237 Å². The third-order valence-electron chi connectivity index (χ3n) is 17.4. The lowest BCUT2D eigenvalue weighted by atomic mass is 10.0. The molecule has 0 saturated heterocycles. The summed E-state index contributed by atoms with van der Waals surface area (Å²) >= 11 is 0. The Hall–Kier alpha value is -3.76. The maximum atomic E-state index is 13.1. The van der Waals surface area contributed by atoms with Gasteiger partial charge in [0.05, 0.1) is 26.4 Å². The van der Waals surface area contributed by atoms with Crippen LogP contribution in [-0.4, -0.2) is 96.7 Å². The minimum atomic E-state index is -4.99. The van der Waals surface area contributed by atoms with Crippen LogP contribution in [0.3, 0.4) is 0 Å². The lowest BCUT2D eigenvalue weighted by Gasteiger charge is -2.21. The van der Waals surface area contributed by atoms with Gasteiger partial charge in [0.1, 0.15) is 19.3 Å². The highest BCUT2D eigenvalue weighted by molar-refractivity contribution is 7.47. The zero-order valence-electron chi connectivity index (χ0n) is 64.8. The maximum absolute atomic E-state index is 13.1. The predicted octanol–water partition coefficient (Wildman–Crippen LogP) is 23.8. The second-order valence-electron chi connectivity index (χ2n) is 27.3. The normalized spacial score (nSPS) is 14.3. The van der Waals surface area contributed by atoms with Crippen LogP contribution in [0.15, 0.2) is 85.1 Å². The summed E-state index contributed by atoms with van der Waals surface area (Å²) in [6.45, 7) is 4.73. The smallest absolute Gasteiger partial charge is 0.462 e. The predicted molar refractivity (Wildman–Crippen MR) is 418 cm³/mol. The molecule has 0 aliphatic heterocycles. The third-order valence-corrected chi connectivity index (χ3v) is 19.3. The standard InChI is InChI=1S/C83H148O17P2/c1-5-9-13-17-21-25-29-33-36-37-38-39-42-44-48-52-56-60-64-68-81(86)94-74-79(100-83(88)70-66-62-58-54-50-46-41-35-31-27-23-19-15-11-7-3)76-98-102(91,92)96-72-77(84)71-95-101(89,90)97-75-78(73-93-80(85)67-63-59-55-51-47-43-32-28-24-20-16-12-8-4)99-82(87)69-65-61-57-53-49-45-40-34-30-26-22-18-14-10-6-2/h9,13,21,25,28,32-33,36,38-39,44,48,56,60,77-79,84H,5-8,10-12,14-20,22-24,26-27,29-31,34-35,37,40-43,45-47,49-55,57-59,61-76H2,1-4H3,(H,89,90)(H,91,92)/b13-9-,25-21-,32-28-,36-33-,39-38-,48-44-,60-56-/t77-,78+,79+/m0/s1. The van der Waals surface area contributed by atoms with Crippen LogP contribution in [0, 0.1) is 0 Å². The second kappa shape index (κ2) is 75.5. The Bertz CT molecular complexity index is 2260. The molecule has 19 heteroatoms. The average molecular weight is 1480 g/mol. The van der Waals surface area contributed by atoms with Crippen molar-refractivity contribution in [3.63, 3.8) is 0 Å². The van der Waals surface area contributed by atoms with Gasteiger partial charge in [0.15, 0.2) is 12.2 Å². The summed E-state index contributed by atoms with van der Waals surface area (Å²) in [5.41, 5.74) is 0. The van der Waals surface area contributed by atoms with E-state index in [-0.39, 0.29) is 25.7 Å². The number of aliphatic hydroxyl groups excluding tert-OH is 1. The molecule has 0 radical (unpaired) electrons. The Balaban J connectivity index is 5.39. The highest BCUT2D eigenvalue weighted by Gasteiger charge is 2.30. The Kier molecular flexibility index (Phi) is 72.7. The van der Waals surface area contributed by atoms with Crippen molar-refractivity contribution in [3.8, 4) is 0 Å². The molecule has 0 amide bonds. The molecule has 5 atom stereocenters. The number of unbranched alkanes of at least 4 members (excludes halogenated alkanes) is 37. The quantitative estimate of drug-likeness (QED) is 0.0169. The van der Waals surface area contributed by atoms with Crippen molar-refractivity contribution in [2.75, 3.05) is 39.6 Å². The van der Waals surface area contributed by atoms with Gasteiger partial charge in [-0.3, -0.25) is 37.3 Å². The highest BCUT2D eigenvalue weighted by atomic mass is 31.2. The molecule has 3 N–H and O–H groups in total. The fourth-order valence-electron chi connectivity index (χ4n) is 11.2. The lowest BCUT2D eigenvalue weighted by Crippen LogP contribution is -2.30. The van der Waals surface area contributed by atoms with Crippen LogP contribution in [-0.2, 0) is 65.4 Å². The van der Waals surface area contributed by atoms with Crippen LogP contribution in [0.4, 0.5) is 0 Å². The minimum Gasteiger partial charge on any atom is -0.462 e. The highest BCUT2D eigenvalue weighted by Crippen LogP contribution is 2.45. The largest absolute Gasteiger partial charge is 0.472 e. The summed E-state index contributed by atoms with van der Waals surface area (Å²) in [6.07, 6.45) is 78.6. The SMILES string of the molecule is CC/C=C\C/C=C\C/C=C\C/C=C\C/C=C\C/C=C\CCC(=O)OC[C@H](COP(=O)(O)OC[C@@H](O)COP(=O)(O)OC[C@@H](COC(=O)CCCCCCC/C=C\CCCCCC)OC(=O)CCCCCCCCCCCCCCCCC)OC(=O)CCCCCCCCCCCCCCCCC. The molecule has 0 aromatic carbocycles.